The van der Waals surface area contributed by atoms with E-state index in [4.69, 9.17) is 0 Å². The van der Waals surface area contributed by atoms with E-state index in [0.29, 0.717) is 11.6 Å². The Balaban J connectivity index is 2.00. The number of nitrogens with zero attached hydrogens (tertiary/aromatic N) is 3. The molecule has 0 aliphatic carbocycles. The summed E-state index contributed by atoms with van der Waals surface area (Å²) in [6.07, 6.45) is 2.70. The highest BCUT2D eigenvalue weighted by Gasteiger charge is 2.09. The summed E-state index contributed by atoms with van der Waals surface area (Å²) in [4.78, 5) is 16.1. The molecule has 0 saturated carbocycles. The van der Waals surface area contributed by atoms with E-state index in [1.54, 1.807) is 24.4 Å². The van der Waals surface area contributed by atoms with E-state index in [1.165, 1.54) is 0 Å². The predicted molar refractivity (Wildman–Crippen MR) is 77.7 cm³/mol. The van der Waals surface area contributed by atoms with Gasteiger partial charge in [-0.2, -0.15) is 0 Å². The van der Waals surface area contributed by atoms with Crippen LogP contribution in [0.1, 0.15) is 29.4 Å². The zero-order valence-corrected chi connectivity index (χ0v) is 11.6. The van der Waals surface area contributed by atoms with Crippen LogP contribution in [0.3, 0.4) is 0 Å². The quantitative estimate of drug-likeness (QED) is 0.872. The minimum absolute atomic E-state index is 0.259. The van der Waals surface area contributed by atoms with Crippen molar-refractivity contribution in [1.82, 2.24) is 15.2 Å². The van der Waals surface area contributed by atoms with Gasteiger partial charge < -0.3 is 10.6 Å². The standard InChI is InChI=1S/C14H17N5O/c1-3-8-15-13-7-5-11(18-19-13)14(20)17-12-6-4-10(2)9-16-12/h4-7,9H,3,8H2,1-2H3,(H,15,19)(H,16,17,20). The molecule has 0 fully saturated rings. The van der Waals surface area contributed by atoms with Gasteiger partial charge in [0.05, 0.1) is 0 Å². The highest BCUT2D eigenvalue weighted by molar-refractivity contribution is 6.02. The Morgan fingerprint density at radius 1 is 1.15 bits per heavy atom. The van der Waals surface area contributed by atoms with E-state index in [0.717, 1.165) is 18.5 Å². The maximum absolute atomic E-state index is 12.0. The molecule has 0 spiro atoms. The lowest BCUT2D eigenvalue weighted by Crippen LogP contribution is -2.15. The Labute approximate surface area is 117 Å². The third kappa shape index (κ3) is 3.74. The fourth-order valence-corrected chi connectivity index (χ4v) is 1.52. The molecule has 104 valence electrons. The summed E-state index contributed by atoms with van der Waals surface area (Å²) < 4.78 is 0. The summed E-state index contributed by atoms with van der Waals surface area (Å²) >= 11 is 0. The fourth-order valence-electron chi connectivity index (χ4n) is 1.52. The number of aromatic nitrogens is 3. The number of nitrogens with one attached hydrogen (secondary N) is 2. The molecule has 0 aliphatic rings. The SMILES string of the molecule is CCCNc1ccc(C(=O)Nc2ccc(C)cn2)nn1. The van der Waals surface area contributed by atoms with Crippen molar-refractivity contribution in [2.45, 2.75) is 20.3 Å². The number of hydrogen-bond donors (Lipinski definition) is 2. The van der Waals surface area contributed by atoms with Crippen molar-refractivity contribution in [1.29, 1.82) is 0 Å². The summed E-state index contributed by atoms with van der Waals surface area (Å²) in [5.74, 6) is 0.836. The molecule has 0 aliphatic heterocycles. The lowest BCUT2D eigenvalue weighted by Gasteiger charge is -2.05. The van der Waals surface area contributed by atoms with Gasteiger partial charge in [0.15, 0.2) is 5.69 Å². The Kier molecular flexibility index (Phi) is 4.60. The van der Waals surface area contributed by atoms with Gasteiger partial charge in [-0.3, -0.25) is 4.79 Å². The number of pyridine rings is 1. The van der Waals surface area contributed by atoms with E-state index in [-0.39, 0.29) is 11.6 Å². The average molecular weight is 271 g/mol. The van der Waals surface area contributed by atoms with Crippen LogP contribution in [0.15, 0.2) is 30.5 Å². The van der Waals surface area contributed by atoms with Crippen molar-refractivity contribution in [3.8, 4) is 0 Å². The monoisotopic (exact) mass is 271 g/mol. The normalized spacial score (nSPS) is 10.1. The van der Waals surface area contributed by atoms with Crippen molar-refractivity contribution in [2.75, 3.05) is 17.2 Å². The van der Waals surface area contributed by atoms with E-state index in [1.807, 2.05) is 13.0 Å². The first-order chi connectivity index (χ1) is 9.69. The second-order valence-corrected chi connectivity index (χ2v) is 4.41. The Hall–Kier alpha value is -2.50. The van der Waals surface area contributed by atoms with Crippen LogP contribution in [0.2, 0.25) is 0 Å². The van der Waals surface area contributed by atoms with Gasteiger partial charge in [0.2, 0.25) is 0 Å². The lowest BCUT2D eigenvalue weighted by atomic mass is 10.3. The molecular formula is C14H17N5O. The molecule has 2 heterocycles. The van der Waals surface area contributed by atoms with Gasteiger partial charge in [-0.05, 0) is 37.1 Å². The lowest BCUT2D eigenvalue weighted by molar-refractivity contribution is 0.102. The average Bonchev–Trinajstić information content (AvgIpc) is 2.48. The third-order valence-electron chi connectivity index (χ3n) is 2.61. The molecule has 2 rings (SSSR count). The van der Waals surface area contributed by atoms with Crippen LogP contribution in [0.4, 0.5) is 11.6 Å². The molecule has 20 heavy (non-hydrogen) atoms. The molecule has 2 N–H and O–H groups in total. The van der Waals surface area contributed by atoms with E-state index in [2.05, 4.69) is 32.7 Å². The topological polar surface area (TPSA) is 79.8 Å². The highest BCUT2D eigenvalue weighted by Crippen LogP contribution is 2.07. The number of amides is 1. The number of aryl methyl sites for hydroxylation is 1. The van der Waals surface area contributed by atoms with Crippen molar-refractivity contribution in [3.63, 3.8) is 0 Å². The maximum Gasteiger partial charge on any atom is 0.277 e. The molecule has 1 amide bonds. The van der Waals surface area contributed by atoms with Crippen LogP contribution < -0.4 is 10.6 Å². The summed E-state index contributed by atoms with van der Waals surface area (Å²) in [7, 11) is 0. The first-order valence-corrected chi connectivity index (χ1v) is 6.50. The van der Waals surface area contributed by atoms with Crippen LogP contribution in [0.5, 0.6) is 0 Å². The zero-order chi connectivity index (χ0) is 14.4. The summed E-state index contributed by atoms with van der Waals surface area (Å²) in [5, 5.41) is 13.6. The zero-order valence-electron chi connectivity index (χ0n) is 11.6. The second-order valence-electron chi connectivity index (χ2n) is 4.41. The molecule has 2 aromatic heterocycles. The summed E-state index contributed by atoms with van der Waals surface area (Å²) in [6, 6.07) is 7.00. The van der Waals surface area contributed by atoms with Gasteiger partial charge in [-0.25, -0.2) is 4.98 Å². The molecule has 6 nitrogen and oxygen atoms in total. The highest BCUT2D eigenvalue weighted by atomic mass is 16.2. The van der Waals surface area contributed by atoms with E-state index >= 15 is 0 Å². The molecule has 0 aromatic carbocycles. The molecule has 0 atom stereocenters. The number of rotatable bonds is 5. The summed E-state index contributed by atoms with van der Waals surface area (Å²) in [5.41, 5.74) is 1.29. The van der Waals surface area contributed by atoms with Crippen molar-refractivity contribution in [2.24, 2.45) is 0 Å². The first kappa shape index (κ1) is 13.9. The van der Waals surface area contributed by atoms with Gasteiger partial charge in [0.1, 0.15) is 11.6 Å². The Morgan fingerprint density at radius 3 is 2.55 bits per heavy atom. The van der Waals surface area contributed by atoms with E-state index in [9.17, 15) is 4.79 Å². The van der Waals surface area contributed by atoms with Crippen LogP contribution in [0.25, 0.3) is 0 Å². The molecule has 6 heteroatoms. The van der Waals surface area contributed by atoms with Crippen molar-refractivity contribution >= 4 is 17.5 Å². The predicted octanol–water partition coefficient (Wildman–Crippen LogP) is 2.25. The van der Waals surface area contributed by atoms with Gasteiger partial charge in [-0.1, -0.05) is 13.0 Å². The van der Waals surface area contributed by atoms with Crippen LogP contribution in [-0.2, 0) is 0 Å². The molecular weight excluding hydrogens is 254 g/mol. The third-order valence-corrected chi connectivity index (χ3v) is 2.61. The fraction of sp³-hybridized carbons (Fsp3) is 0.286. The Morgan fingerprint density at radius 2 is 1.95 bits per heavy atom. The maximum atomic E-state index is 12.0. The van der Waals surface area contributed by atoms with Gasteiger partial charge >= 0.3 is 0 Å². The largest absolute Gasteiger partial charge is 0.369 e. The van der Waals surface area contributed by atoms with Gasteiger partial charge in [0.25, 0.3) is 5.91 Å². The number of hydrogen-bond acceptors (Lipinski definition) is 5. The van der Waals surface area contributed by atoms with Crippen LogP contribution in [-0.4, -0.2) is 27.6 Å². The molecule has 0 saturated heterocycles. The minimum Gasteiger partial charge on any atom is -0.369 e. The first-order valence-electron chi connectivity index (χ1n) is 6.50. The molecule has 0 unspecified atom stereocenters. The summed E-state index contributed by atoms with van der Waals surface area (Å²) in [6.45, 7) is 4.83. The molecule has 2 aromatic rings. The minimum atomic E-state index is -0.323. The molecule has 0 bridgehead atoms. The van der Waals surface area contributed by atoms with Crippen LogP contribution >= 0.6 is 0 Å². The van der Waals surface area contributed by atoms with E-state index < -0.39 is 0 Å². The van der Waals surface area contributed by atoms with Crippen molar-refractivity contribution in [3.05, 3.63) is 41.7 Å². The number of carbonyl (C=O) groups excluding carboxylic acids is 1. The number of anilines is 2. The van der Waals surface area contributed by atoms with Gasteiger partial charge in [0, 0.05) is 12.7 Å². The molecule has 0 radical (unpaired) electrons. The second kappa shape index (κ2) is 6.60. The van der Waals surface area contributed by atoms with Crippen molar-refractivity contribution < 1.29 is 4.79 Å². The van der Waals surface area contributed by atoms with Gasteiger partial charge in [-0.15, -0.1) is 10.2 Å². The Bertz CT molecular complexity index is 565. The number of carbonyl (C=O) groups is 1. The smallest absolute Gasteiger partial charge is 0.277 e. The van der Waals surface area contributed by atoms with Crippen LogP contribution in [0, 0.1) is 6.92 Å².